The Kier molecular flexibility index (Phi) is 5.04. The average molecular weight is 277 g/mol. The highest BCUT2D eigenvalue weighted by Crippen LogP contribution is 2.17. The molecule has 0 amide bonds. The molecule has 0 saturated carbocycles. The van der Waals surface area contributed by atoms with Crippen LogP contribution < -0.4 is 10.1 Å². The maximum atomic E-state index is 5.84. The zero-order valence-electron chi connectivity index (χ0n) is 10.9. The highest BCUT2D eigenvalue weighted by Gasteiger charge is 1.99. The van der Waals surface area contributed by atoms with E-state index in [-0.39, 0.29) is 0 Å². The molecule has 0 bridgehead atoms. The molecule has 0 atom stereocenters. The van der Waals surface area contributed by atoms with Crippen LogP contribution in [0.25, 0.3) is 0 Å². The van der Waals surface area contributed by atoms with Crippen LogP contribution in [0.1, 0.15) is 18.9 Å². The fourth-order valence-electron chi connectivity index (χ4n) is 1.60. The molecule has 0 aliphatic heterocycles. The number of halogens is 1. The van der Waals surface area contributed by atoms with E-state index in [0.717, 1.165) is 35.1 Å². The van der Waals surface area contributed by atoms with Crippen molar-refractivity contribution in [2.24, 2.45) is 0 Å². The van der Waals surface area contributed by atoms with E-state index in [2.05, 4.69) is 17.2 Å². The molecule has 0 unspecified atom stereocenters. The molecule has 100 valence electrons. The largest absolute Gasteiger partial charge is 0.489 e. The molecule has 2 rings (SSSR count). The molecule has 19 heavy (non-hydrogen) atoms. The van der Waals surface area contributed by atoms with E-state index in [1.165, 1.54) is 0 Å². The number of nitrogens with zero attached hydrogens (tertiary/aromatic N) is 1. The van der Waals surface area contributed by atoms with Gasteiger partial charge in [-0.3, -0.25) is 0 Å². The first-order valence-corrected chi connectivity index (χ1v) is 6.73. The number of anilines is 1. The Morgan fingerprint density at radius 2 is 2.00 bits per heavy atom. The third-order valence-electron chi connectivity index (χ3n) is 2.61. The highest BCUT2D eigenvalue weighted by atomic mass is 35.5. The summed E-state index contributed by atoms with van der Waals surface area (Å²) in [5, 5.41) is 3.97. The van der Waals surface area contributed by atoms with E-state index in [9.17, 15) is 0 Å². The van der Waals surface area contributed by atoms with Gasteiger partial charge < -0.3 is 10.1 Å². The lowest BCUT2D eigenvalue weighted by molar-refractivity contribution is 0.306. The number of benzene rings is 1. The van der Waals surface area contributed by atoms with Crippen LogP contribution >= 0.6 is 11.6 Å². The topological polar surface area (TPSA) is 34.1 Å². The van der Waals surface area contributed by atoms with Crippen molar-refractivity contribution in [3.05, 3.63) is 53.2 Å². The molecule has 1 aromatic heterocycles. The van der Waals surface area contributed by atoms with Crippen LogP contribution in [-0.4, -0.2) is 11.5 Å². The molecule has 0 spiro atoms. The highest BCUT2D eigenvalue weighted by molar-refractivity contribution is 6.30. The van der Waals surface area contributed by atoms with E-state index < -0.39 is 0 Å². The lowest BCUT2D eigenvalue weighted by Crippen LogP contribution is -2.02. The summed E-state index contributed by atoms with van der Waals surface area (Å²) in [6.45, 7) is 3.55. The van der Waals surface area contributed by atoms with Gasteiger partial charge in [-0.1, -0.05) is 30.7 Å². The van der Waals surface area contributed by atoms with Crippen molar-refractivity contribution >= 4 is 17.4 Å². The van der Waals surface area contributed by atoms with E-state index in [0.29, 0.717) is 6.61 Å². The summed E-state index contributed by atoms with van der Waals surface area (Å²) in [6.07, 6.45) is 2.81. The number of pyridine rings is 1. The van der Waals surface area contributed by atoms with Crippen molar-refractivity contribution in [1.29, 1.82) is 0 Å². The summed E-state index contributed by atoms with van der Waals surface area (Å²) >= 11 is 5.84. The van der Waals surface area contributed by atoms with Gasteiger partial charge in [0.2, 0.25) is 0 Å². The van der Waals surface area contributed by atoms with E-state index in [1.807, 2.05) is 36.4 Å². The zero-order chi connectivity index (χ0) is 13.5. The van der Waals surface area contributed by atoms with Crippen LogP contribution in [0, 0.1) is 0 Å². The minimum Gasteiger partial charge on any atom is -0.489 e. The van der Waals surface area contributed by atoms with Crippen LogP contribution in [-0.2, 0) is 6.61 Å². The average Bonchev–Trinajstić information content (AvgIpc) is 2.45. The molecule has 0 radical (unpaired) electrons. The molecule has 0 aliphatic rings. The molecular weight excluding hydrogens is 260 g/mol. The van der Waals surface area contributed by atoms with Crippen molar-refractivity contribution in [1.82, 2.24) is 4.98 Å². The first-order valence-electron chi connectivity index (χ1n) is 6.35. The summed E-state index contributed by atoms with van der Waals surface area (Å²) in [7, 11) is 0. The molecule has 0 fully saturated rings. The second-order valence-electron chi connectivity index (χ2n) is 4.22. The quantitative estimate of drug-likeness (QED) is 0.861. The minimum atomic E-state index is 0.522. The number of hydrogen-bond acceptors (Lipinski definition) is 3. The van der Waals surface area contributed by atoms with Gasteiger partial charge in [-0.05, 0) is 30.2 Å². The van der Waals surface area contributed by atoms with Gasteiger partial charge in [0.25, 0.3) is 0 Å². The fourth-order valence-corrected chi connectivity index (χ4v) is 1.72. The Hall–Kier alpha value is -1.74. The van der Waals surface area contributed by atoms with Crippen molar-refractivity contribution in [3.8, 4) is 5.75 Å². The molecule has 1 heterocycles. The number of ether oxygens (including phenoxy) is 1. The number of rotatable bonds is 6. The Balaban J connectivity index is 1.93. The van der Waals surface area contributed by atoms with Crippen LogP contribution in [0.2, 0.25) is 5.02 Å². The van der Waals surface area contributed by atoms with Crippen molar-refractivity contribution in [3.63, 3.8) is 0 Å². The normalized spacial score (nSPS) is 10.2. The standard InChI is InChI=1S/C15H17ClN2O/c1-2-8-17-15-10-14(7-9-18-15)19-11-12-3-5-13(16)6-4-12/h3-7,9-10H,2,8,11H2,1H3,(H,17,18). The van der Waals surface area contributed by atoms with Gasteiger partial charge in [-0.25, -0.2) is 4.98 Å². The zero-order valence-corrected chi connectivity index (χ0v) is 11.7. The molecule has 1 N–H and O–H groups in total. The van der Waals surface area contributed by atoms with Gasteiger partial charge >= 0.3 is 0 Å². The lowest BCUT2D eigenvalue weighted by atomic mass is 10.2. The monoisotopic (exact) mass is 276 g/mol. The molecule has 0 aliphatic carbocycles. The van der Waals surface area contributed by atoms with Gasteiger partial charge in [-0.2, -0.15) is 0 Å². The summed E-state index contributed by atoms with van der Waals surface area (Å²) in [5.74, 6) is 1.65. The summed E-state index contributed by atoms with van der Waals surface area (Å²) in [4.78, 5) is 4.23. The van der Waals surface area contributed by atoms with Crippen molar-refractivity contribution in [2.45, 2.75) is 20.0 Å². The Labute approximate surface area is 118 Å². The molecule has 0 saturated heterocycles. The molecule has 1 aromatic carbocycles. The minimum absolute atomic E-state index is 0.522. The van der Waals surface area contributed by atoms with Crippen LogP contribution in [0.15, 0.2) is 42.6 Å². The Morgan fingerprint density at radius 3 is 2.74 bits per heavy atom. The third-order valence-corrected chi connectivity index (χ3v) is 2.86. The molecule has 3 nitrogen and oxygen atoms in total. The van der Waals surface area contributed by atoms with Crippen molar-refractivity contribution < 1.29 is 4.74 Å². The first-order chi connectivity index (χ1) is 9.28. The lowest BCUT2D eigenvalue weighted by Gasteiger charge is -2.08. The third kappa shape index (κ3) is 4.45. The van der Waals surface area contributed by atoms with Crippen LogP contribution in [0.3, 0.4) is 0 Å². The van der Waals surface area contributed by atoms with E-state index >= 15 is 0 Å². The van der Waals surface area contributed by atoms with Gasteiger partial charge in [-0.15, -0.1) is 0 Å². The summed E-state index contributed by atoms with van der Waals surface area (Å²) in [6, 6.07) is 11.4. The number of nitrogens with one attached hydrogen (secondary N) is 1. The van der Waals surface area contributed by atoms with Crippen LogP contribution in [0.5, 0.6) is 5.75 Å². The van der Waals surface area contributed by atoms with Gasteiger partial charge in [0, 0.05) is 23.8 Å². The fraction of sp³-hybridized carbons (Fsp3) is 0.267. The Bertz CT molecular complexity index is 514. The summed E-state index contributed by atoms with van der Waals surface area (Å²) < 4.78 is 5.73. The number of aromatic nitrogens is 1. The maximum Gasteiger partial charge on any atom is 0.129 e. The molecular formula is C15H17ClN2O. The first kappa shape index (κ1) is 13.7. The smallest absolute Gasteiger partial charge is 0.129 e. The Morgan fingerprint density at radius 1 is 1.21 bits per heavy atom. The van der Waals surface area contributed by atoms with E-state index in [4.69, 9.17) is 16.3 Å². The SMILES string of the molecule is CCCNc1cc(OCc2ccc(Cl)cc2)ccn1. The van der Waals surface area contributed by atoms with Gasteiger partial charge in [0.15, 0.2) is 0 Å². The predicted molar refractivity (Wildman–Crippen MR) is 78.8 cm³/mol. The maximum absolute atomic E-state index is 5.84. The number of hydrogen-bond donors (Lipinski definition) is 1. The second-order valence-corrected chi connectivity index (χ2v) is 4.66. The predicted octanol–water partition coefficient (Wildman–Crippen LogP) is 4.14. The van der Waals surface area contributed by atoms with Gasteiger partial charge in [0.1, 0.15) is 18.2 Å². The molecule has 4 heteroatoms. The molecule has 2 aromatic rings. The van der Waals surface area contributed by atoms with Crippen LogP contribution in [0.4, 0.5) is 5.82 Å². The second kappa shape index (κ2) is 7.00. The van der Waals surface area contributed by atoms with Crippen molar-refractivity contribution in [2.75, 3.05) is 11.9 Å². The van der Waals surface area contributed by atoms with E-state index in [1.54, 1.807) is 6.20 Å². The summed E-state index contributed by atoms with van der Waals surface area (Å²) in [5.41, 5.74) is 1.09. The van der Waals surface area contributed by atoms with Gasteiger partial charge in [0.05, 0.1) is 0 Å².